The summed E-state index contributed by atoms with van der Waals surface area (Å²) in [6, 6.07) is 3.46. The van der Waals surface area contributed by atoms with Crippen molar-refractivity contribution in [2.75, 3.05) is 57.7 Å². The second-order valence-electron chi connectivity index (χ2n) is 6.79. The van der Waals surface area contributed by atoms with Gasteiger partial charge in [0.05, 0.1) is 13.1 Å². The molecule has 142 valence electrons. The molecule has 0 saturated carbocycles. The largest absolute Gasteiger partial charge is 0.342 e. The third-order valence-electron chi connectivity index (χ3n) is 4.88. The standard InChI is InChI=1S/C18H24F2N4O2/c19-14-4-3-5-15(20)18(14)21-16(25)12-22-8-10-23(11-9-22)13-17(26)24-6-1-2-7-24/h3-5H,1-2,6-13H2,(H,21,25). The summed E-state index contributed by atoms with van der Waals surface area (Å²) in [6.07, 6.45) is 2.16. The fourth-order valence-electron chi connectivity index (χ4n) is 3.36. The van der Waals surface area contributed by atoms with Crippen molar-refractivity contribution in [3.05, 3.63) is 29.8 Å². The minimum atomic E-state index is -0.788. The monoisotopic (exact) mass is 366 g/mol. The van der Waals surface area contributed by atoms with Gasteiger partial charge in [-0.15, -0.1) is 0 Å². The Balaban J connectivity index is 1.42. The Hall–Kier alpha value is -2.06. The van der Waals surface area contributed by atoms with E-state index >= 15 is 0 Å². The van der Waals surface area contributed by atoms with E-state index in [4.69, 9.17) is 0 Å². The second kappa shape index (κ2) is 8.55. The zero-order valence-electron chi connectivity index (χ0n) is 14.7. The van der Waals surface area contributed by atoms with E-state index in [1.165, 1.54) is 6.07 Å². The number of nitrogens with zero attached hydrogens (tertiary/aromatic N) is 3. The molecule has 26 heavy (non-hydrogen) atoms. The Kier molecular flexibility index (Phi) is 6.16. The normalized spacial score (nSPS) is 18.9. The first-order chi connectivity index (χ1) is 12.5. The topological polar surface area (TPSA) is 55.9 Å². The highest BCUT2D eigenvalue weighted by molar-refractivity contribution is 5.92. The number of carbonyl (C=O) groups excluding carboxylic acids is 2. The van der Waals surface area contributed by atoms with Gasteiger partial charge in [0.1, 0.15) is 17.3 Å². The first-order valence-corrected chi connectivity index (χ1v) is 8.99. The van der Waals surface area contributed by atoms with Crippen LogP contribution in [0.2, 0.25) is 0 Å². The van der Waals surface area contributed by atoms with Gasteiger partial charge in [0.2, 0.25) is 11.8 Å². The predicted octanol–water partition coefficient (Wildman–Crippen LogP) is 1.14. The quantitative estimate of drug-likeness (QED) is 0.849. The third-order valence-corrected chi connectivity index (χ3v) is 4.88. The molecule has 0 spiro atoms. The van der Waals surface area contributed by atoms with Crippen molar-refractivity contribution in [3.8, 4) is 0 Å². The molecule has 2 aliphatic heterocycles. The summed E-state index contributed by atoms with van der Waals surface area (Å²) in [5, 5.41) is 2.30. The second-order valence-corrected chi connectivity index (χ2v) is 6.79. The minimum absolute atomic E-state index is 0.0711. The van der Waals surface area contributed by atoms with Crippen LogP contribution in [0, 0.1) is 11.6 Å². The van der Waals surface area contributed by atoms with Gasteiger partial charge in [-0.1, -0.05) is 6.07 Å². The minimum Gasteiger partial charge on any atom is -0.342 e. The summed E-state index contributed by atoms with van der Waals surface area (Å²) in [7, 11) is 0. The zero-order valence-corrected chi connectivity index (χ0v) is 14.7. The molecule has 0 aromatic heterocycles. The molecular formula is C18H24F2N4O2. The van der Waals surface area contributed by atoms with Crippen molar-refractivity contribution in [2.45, 2.75) is 12.8 Å². The predicted molar refractivity (Wildman–Crippen MR) is 93.7 cm³/mol. The molecule has 2 fully saturated rings. The number of hydrogen-bond acceptors (Lipinski definition) is 4. The molecule has 1 N–H and O–H groups in total. The average molecular weight is 366 g/mol. The lowest BCUT2D eigenvalue weighted by Gasteiger charge is -2.34. The van der Waals surface area contributed by atoms with Crippen LogP contribution in [0.25, 0.3) is 0 Å². The van der Waals surface area contributed by atoms with Crippen LogP contribution in [0.3, 0.4) is 0 Å². The van der Waals surface area contributed by atoms with E-state index in [0.717, 1.165) is 38.1 Å². The van der Waals surface area contributed by atoms with Gasteiger partial charge >= 0.3 is 0 Å². The Labute approximate surface area is 151 Å². The number of amides is 2. The lowest BCUT2D eigenvalue weighted by molar-refractivity contribution is -0.132. The molecule has 0 unspecified atom stereocenters. The van der Waals surface area contributed by atoms with Crippen molar-refractivity contribution < 1.29 is 18.4 Å². The number of carbonyl (C=O) groups is 2. The Bertz CT molecular complexity index is 636. The van der Waals surface area contributed by atoms with Crippen LogP contribution in [0.5, 0.6) is 0 Å². The molecular weight excluding hydrogens is 342 g/mol. The van der Waals surface area contributed by atoms with E-state index in [1.54, 1.807) is 0 Å². The fraction of sp³-hybridized carbons (Fsp3) is 0.556. The highest BCUT2D eigenvalue weighted by Gasteiger charge is 2.24. The molecule has 1 aromatic rings. The van der Waals surface area contributed by atoms with Crippen molar-refractivity contribution in [1.82, 2.24) is 14.7 Å². The van der Waals surface area contributed by atoms with Gasteiger partial charge in [-0.05, 0) is 25.0 Å². The van der Waals surface area contributed by atoms with Crippen LogP contribution in [0.4, 0.5) is 14.5 Å². The first-order valence-electron chi connectivity index (χ1n) is 8.99. The lowest BCUT2D eigenvalue weighted by atomic mass is 10.2. The van der Waals surface area contributed by atoms with E-state index in [9.17, 15) is 18.4 Å². The highest BCUT2D eigenvalue weighted by atomic mass is 19.1. The number of piperazine rings is 1. The Morgan fingerprint density at radius 3 is 2.00 bits per heavy atom. The summed E-state index contributed by atoms with van der Waals surface area (Å²) in [5.74, 6) is -1.86. The molecule has 0 radical (unpaired) electrons. The smallest absolute Gasteiger partial charge is 0.238 e. The number of rotatable bonds is 5. The van der Waals surface area contributed by atoms with Crippen LogP contribution >= 0.6 is 0 Å². The van der Waals surface area contributed by atoms with E-state index in [0.29, 0.717) is 32.7 Å². The molecule has 0 atom stereocenters. The van der Waals surface area contributed by atoms with E-state index in [1.807, 2.05) is 9.80 Å². The van der Waals surface area contributed by atoms with E-state index in [-0.39, 0.29) is 12.5 Å². The zero-order chi connectivity index (χ0) is 18.5. The van der Waals surface area contributed by atoms with Crippen molar-refractivity contribution in [2.24, 2.45) is 0 Å². The van der Waals surface area contributed by atoms with Crippen LogP contribution in [-0.4, -0.2) is 78.9 Å². The van der Waals surface area contributed by atoms with Gasteiger partial charge in [0, 0.05) is 39.3 Å². The van der Waals surface area contributed by atoms with Crippen molar-refractivity contribution in [3.63, 3.8) is 0 Å². The summed E-state index contributed by atoms with van der Waals surface area (Å²) in [6.45, 7) is 4.86. The van der Waals surface area contributed by atoms with Gasteiger partial charge in [-0.25, -0.2) is 8.78 Å². The number of para-hydroxylation sites is 1. The van der Waals surface area contributed by atoms with Gasteiger partial charge < -0.3 is 10.2 Å². The summed E-state index contributed by atoms with van der Waals surface area (Å²) in [4.78, 5) is 30.1. The third kappa shape index (κ3) is 4.76. The number of anilines is 1. The first kappa shape index (κ1) is 18.7. The molecule has 2 saturated heterocycles. The van der Waals surface area contributed by atoms with Crippen LogP contribution in [0.15, 0.2) is 18.2 Å². The molecule has 6 nitrogen and oxygen atoms in total. The van der Waals surface area contributed by atoms with E-state index < -0.39 is 23.2 Å². The van der Waals surface area contributed by atoms with Crippen LogP contribution < -0.4 is 5.32 Å². The number of hydrogen-bond donors (Lipinski definition) is 1. The van der Waals surface area contributed by atoms with Gasteiger partial charge in [-0.3, -0.25) is 19.4 Å². The molecule has 2 aliphatic rings. The van der Waals surface area contributed by atoms with Gasteiger partial charge in [-0.2, -0.15) is 0 Å². The average Bonchev–Trinajstić information content (AvgIpc) is 3.15. The number of nitrogens with one attached hydrogen (secondary N) is 1. The highest BCUT2D eigenvalue weighted by Crippen LogP contribution is 2.18. The number of likely N-dealkylation sites (tertiary alicyclic amines) is 1. The molecule has 8 heteroatoms. The molecule has 1 aromatic carbocycles. The molecule has 2 amide bonds. The Morgan fingerprint density at radius 1 is 0.885 bits per heavy atom. The lowest BCUT2D eigenvalue weighted by Crippen LogP contribution is -2.51. The SMILES string of the molecule is O=C(CN1CCN(CC(=O)N2CCCC2)CC1)Nc1c(F)cccc1F. The number of halogens is 2. The Morgan fingerprint density at radius 2 is 1.42 bits per heavy atom. The van der Waals surface area contributed by atoms with Crippen LogP contribution in [-0.2, 0) is 9.59 Å². The fourth-order valence-corrected chi connectivity index (χ4v) is 3.36. The molecule has 0 bridgehead atoms. The molecule has 3 rings (SSSR count). The van der Waals surface area contributed by atoms with Crippen molar-refractivity contribution in [1.29, 1.82) is 0 Å². The summed E-state index contributed by atoms with van der Waals surface area (Å²) < 4.78 is 27.2. The van der Waals surface area contributed by atoms with Crippen LogP contribution in [0.1, 0.15) is 12.8 Å². The maximum atomic E-state index is 13.6. The maximum Gasteiger partial charge on any atom is 0.238 e. The van der Waals surface area contributed by atoms with E-state index in [2.05, 4.69) is 10.2 Å². The molecule has 0 aliphatic carbocycles. The number of benzene rings is 1. The summed E-state index contributed by atoms with van der Waals surface area (Å²) >= 11 is 0. The maximum absolute atomic E-state index is 13.6. The van der Waals surface area contributed by atoms with Gasteiger partial charge in [0.15, 0.2) is 0 Å². The molecule has 2 heterocycles. The summed E-state index contributed by atoms with van der Waals surface area (Å²) in [5.41, 5.74) is -0.410. The van der Waals surface area contributed by atoms with Crippen molar-refractivity contribution >= 4 is 17.5 Å². The van der Waals surface area contributed by atoms with Gasteiger partial charge in [0.25, 0.3) is 0 Å².